The van der Waals surface area contributed by atoms with Crippen LogP contribution in [0.1, 0.15) is 30.2 Å². The summed E-state index contributed by atoms with van der Waals surface area (Å²) in [5, 5.41) is 3.56. The summed E-state index contributed by atoms with van der Waals surface area (Å²) in [4.78, 5) is 1.44. The molecule has 3 aromatic rings. The lowest BCUT2D eigenvalue weighted by Crippen LogP contribution is -1.89. The minimum Gasteiger partial charge on any atom is -0.316 e. The van der Waals surface area contributed by atoms with Crippen molar-refractivity contribution in [1.82, 2.24) is 4.57 Å². The second kappa shape index (κ2) is 4.29. The van der Waals surface area contributed by atoms with Crippen LogP contribution >= 0.6 is 11.3 Å². The molecule has 0 atom stereocenters. The van der Waals surface area contributed by atoms with E-state index in [1.165, 1.54) is 27.0 Å². The third-order valence-corrected chi connectivity index (χ3v) is 4.52. The number of hydrogen-bond donors (Lipinski definition) is 0. The smallest absolute Gasteiger partial charge is 0.0565 e. The van der Waals surface area contributed by atoms with Gasteiger partial charge < -0.3 is 4.57 Å². The molecule has 2 heteroatoms. The second-order valence-electron chi connectivity index (χ2n) is 5.11. The van der Waals surface area contributed by atoms with Gasteiger partial charge in [0.2, 0.25) is 0 Å². The van der Waals surface area contributed by atoms with Crippen molar-refractivity contribution in [3.63, 3.8) is 0 Å². The Kier molecular flexibility index (Phi) is 2.75. The van der Waals surface area contributed by atoms with Crippen LogP contribution in [-0.2, 0) is 0 Å². The van der Waals surface area contributed by atoms with E-state index >= 15 is 0 Å². The molecule has 1 nitrogen and oxygen atoms in total. The van der Waals surface area contributed by atoms with E-state index in [9.17, 15) is 0 Å². The Morgan fingerprint density at radius 2 is 1.94 bits per heavy atom. The number of hydrogen-bond acceptors (Lipinski definition) is 1. The molecule has 3 rings (SSSR count). The Labute approximate surface area is 112 Å². The molecule has 0 unspecified atom stereocenters. The highest BCUT2D eigenvalue weighted by atomic mass is 32.1. The number of thiophene rings is 1. The van der Waals surface area contributed by atoms with Gasteiger partial charge in [-0.05, 0) is 37.1 Å². The molecule has 92 valence electrons. The van der Waals surface area contributed by atoms with Gasteiger partial charge >= 0.3 is 0 Å². The molecule has 1 aromatic carbocycles. The van der Waals surface area contributed by atoms with E-state index in [1.54, 1.807) is 0 Å². The van der Waals surface area contributed by atoms with Crippen molar-refractivity contribution >= 4 is 22.2 Å². The van der Waals surface area contributed by atoms with Gasteiger partial charge in [-0.25, -0.2) is 0 Å². The molecular weight excluding hydrogens is 238 g/mol. The van der Waals surface area contributed by atoms with Crippen molar-refractivity contribution in [3.8, 4) is 5.69 Å². The van der Waals surface area contributed by atoms with E-state index in [0.29, 0.717) is 5.92 Å². The number of aryl methyl sites for hydroxylation is 1. The van der Waals surface area contributed by atoms with Gasteiger partial charge in [0.15, 0.2) is 0 Å². The average Bonchev–Trinajstić information content (AvgIpc) is 2.92. The van der Waals surface area contributed by atoms with E-state index in [0.717, 1.165) is 0 Å². The molecule has 0 N–H and O–H groups in total. The van der Waals surface area contributed by atoms with Gasteiger partial charge in [0.25, 0.3) is 0 Å². The predicted octanol–water partition coefficient (Wildman–Crippen LogP) is 5.12. The number of nitrogens with zero attached hydrogens (tertiary/aromatic N) is 1. The summed E-state index contributed by atoms with van der Waals surface area (Å²) in [5.41, 5.74) is 3.88. The number of rotatable bonds is 2. The highest BCUT2D eigenvalue weighted by molar-refractivity contribution is 7.10. The minimum atomic E-state index is 0.604. The van der Waals surface area contributed by atoms with Gasteiger partial charge in [-0.1, -0.05) is 25.5 Å². The van der Waals surface area contributed by atoms with E-state index in [1.807, 2.05) is 11.3 Å². The van der Waals surface area contributed by atoms with Crippen molar-refractivity contribution in [2.75, 3.05) is 0 Å². The first-order chi connectivity index (χ1) is 8.65. The topological polar surface area (TPSA) is 4.93 Å². The third kappa shape index (κ3) is 1.87. The normalized spacial score (nSPS) is 11.6. The van der Waals surface area contributed by atoms with Crippen LogP contribution in [0.25, 0.3) is 16.6 Å². The van der Waals surface area contributed by atoms with Gasteiger partial charge in [-0.2, -0.15) is 0 Å². The van der Waals surface area contributed by atoms with Crippen molar-refractivity contribution in [2.24, 2.45) is 0 Å². The van der Waals surface area contributed by atoms with Gasteiger partial charge in [0.05, 0.1) is 11.2 Å². The lowest BCUT2D eigenvalue weighted by Gasteiger charge is -2.03. The van der Waals surface area contributed by atoms with Crippen LogP contribution in [-0.4, -0.2) is 4.57 Å². The van der Waals surface area contributed by atoms with Crippen LogP contribution in [0.5, 0.6) is 0 Å². The lowest BCUT2D eigenvalue weighted by atomic mass is 10.2. The fraction of sp³-hybridized carbons (Fsp3) is 0.250. The Morgan fingerprint density at radius 3 is 2.67 bits per heavy atom. The molecule has 0 saturated carbocycles. The molecule has 0 radical (unpaired) electrons. The largest absolute Gasteiger partial charge is 0.316 e. The summed E-state index contributed by atoms with van der Waals surface area (Å²) >= 11 is 1.85. The molecule has 0 saturated heterocycles. The fourth-order valence-electron chi connectivity index (χ4n) is 2.26. The molecular formula is C16H17NS. The standard InChI is InChI=1S/C16H17NS/c1-11(2)16-9-14(10-18-16)17-7-6-13-8-12(3)4-5-15(13)17/h4-11H,1-3H3. The van der Waals surface area contributed by atoms with Crippen LogP contribution in [0.4, 0.5) is 0 Å². The quantitative estimate of drug-likeness (QED) is 0.598. The molecule has 2 aromatic heterocycles. The summed E-state index contributed by atoms with van der Waals surface area (Å²) in [6.45, 7) is 6.62. The zero-order valence-corrected chi connectivity index (χ0v) is 11.8. The summed E-state index contributed by atoms with van der Waals surface area (Å²) < 4.78 is 2.27. The predicted molar refractivity (Wildman–Crippen MR) is 80.0 cm³/mol. The minimum absolute atomic E-state index is 0.604. The summed E-state index contributed by atoms with van der Waals surface area (Å²) in [6.07, 6.45) is 2.16. The first kappa shape index (κ1) is 11.5. The Balaban J connectivity index is 2.13. The number of benzene rings is 1. The number of fused-ring (bicyclic) bond motifs is 1. The number of aromatic nitrogens is 1. The first-order valence-electron chi connectivity index (χ1n) is 6.31. The van der Waals surface area contributed by atoms with Crippen LogP contribution in [0.3, 0.4) is 0 Å². The van der Waals surface area contributed by atoms with E-state index in [2.05, 4.69) is 67.2 Å². The molecule has 2 heterocycles. The highest BCUT2D eigenvalue weighted by Crippen LogP contribution is 2.28. The highest BCUT2D eigenvalue weighted by Gasteiger charge is 2.07. The van der Waals surface area contributed by atoms with Crippen molar-refractivity contribution in [1.29, 1.82) is 0 Å². The van der Waals surface area contributed by atoms with E-state index in [4.69, 9.17) is 0 Å². The summed E-state index contributed by atoms with van der Waals surface area (Å²) in [7, 11) is 0. The van der Waals surface area contributed by atoms with Crippen molar-refractivity contribution in [2.45, 2.75) is 26.7 Å². The molecule has 18 heavy (non-hydrogen) atoms. The maximum atomic E-state index is 2.30. The van der Waals surface area contributed by atoms with Gasteiger partial charge in [-0.3, -0.25) is 0 Å². The molecule has 0 aliphatic heterocycles. The molecule has 0 aliphatic rings. The third-order valence-electron chi connectivity index (χ3n) is 3.30. The summed E-state index contributed by atoms with van der Waals surface area (Å²) in [6, 6.07) is 11.1. The lowest BCUT2D eigenvalue weighted by molar-refractivity contribution is 0.888. The van der Waals surface area contributed by atoms with Crippen molar-refractivity contribution in [3.05, 3.63) is 52.3 Å². The Morgan fingerprint density at radius 1 is 1.11 bits per heavy atom. The molecule has 0 amide bonds. The van der Waals surface area contributed by atoms with Crippen LogP contribution < -0.4 is 0 Å². The van der Waals surface area contributed by atoms with Crippen LogP contribution in [0, 0.1) is 6.92 Å². The van der Waals surface area contributed by atoms with Crippen molar-refractivity contribution < 1.29 is 0 Å². The van der Waals surface area contributed by atoms with Gasteiger partial charge in [0, 0.05) is 21.8 Å². The maximum Gasteiger partial charge on any atom is 0.0565 e. The van der Waals surface area contributed by atoms with Crippen LogP contribution in [0.15, 0.2) is 41.9 Å². The van der Waals surface area contributed by atoms with E-state index in [-0.39, 0.29) is 0 Å². The fourth-order valence-corrected chi connectivity index (χ4v) is 3.16. The second-order valence-corrected chi connectivity index (χ2v) is 6.05. The zero-order valence-electron chi connectivity index (χ0n) is 11.0. The van der Waals surface area contributed by atoms with Gasteiger partial charge in [0.1, 0.15) is 0 Å². The van der Waals surface area contributed by atoms with Crippen LogP contribution in [0.2, 0.25) is 0 Å². The monoisotopic (exact) mass is 255 g/mol. The first-order valence-corrected chi connectivity index (χ1v) is 7.19. The summed E-state index contributed by atoms with van der Waals surface area (Å²) in [5.74, 6) is 0.604. The molecule has 0 aliphatic carbocycles. The van der Waals surface area contributed by atoms with Gasteiger partial charge in [-0.15, -0.1) is 11.3 Å². The molecule has 0 spiro atoms. The molecule has 0 bridgehead atoms. The van der Waals surface area contributed by atoms with E-state index < -0.39 is 0 Å². The maximum absolute atomic E-state index is 2.30. The Bertz CT molecular complexity index is 688. The zero-order chi connectivity index (χ0) is 12.7. The average molecular weight is 255 g/mol. The molecule has 0 fully saturated rings. The SMILES string of the molecule is Cc1ccc2c(ccn2-c2csc(C(C)C)c2)c1. The Hall–Kier alpha value is -1.54.